The average Bonchev–Trinajstić information content (AvgIpc) is 2.52. The predicted octanol–water partition coefficient (Wildman–Crippen LogP) is 3.92. The number of hydrogen-bond acceptors (Lipinski definition) is 2. The average molecular weight is 341 g/mol. The van der Waals surface area contributed by atoms with Crippen LogP contribution in [0.5, 0.6) is 0 Å². The highest BCUT2D eigenvalue weighted by atomic mass is 32.2. The highest BCUT2D eigenvalue weighted by molar-refractivity contribution is 7.89. The Hall–Kier alpha value is -2.25. The first-order valence-corrected chi connectivity index (χ1v) is 9.22. The molecule has 0 atom stereocenters. The zero-order valence-electron chi connectivity index (χ0n) is 14.8. The summed E-state index contributed by atoms with van der Waals surface area (Å²) in [5.41, 5.74) is 3.10. The molecule has 126 valence electrons. The summed E-state index contributed by atoms with van der Waals surface area (Å²) in [7, 11) is -2.13. The Morgan fingerprint density at radius 3 is 1.96 bits per heavy atom. The van der Waals surface area contributed by atoms with Gasteiger partial charge in [0.15, 0.2) is 0 Å². The highest BCUT2D eigenvalue weighted by Gasteiger charge is 2.18. The first kappa shape index (κ1) is 18.1. The van der Waals surface area contributed by atoms with Crippen LogP contribution in [0.2, 0.25) is 0 Å². The summed E-state index contributed by atoms with van der Waals surface area (Å²) >= 11 is 0. The molecule has 0 amide bonds. The number of aryl methyl sites for hydroxylation is 1. The van der Waals surface area contributed by atoms with Gasteiger partial charge in [-0.15, -0.1) is 0 Å². The summed E-state index contributed by atoms with van der Waals surface area (Å²) in [6.45, 7) is 8.36. The molecular formula is C20H23NO2S. The number of nitrogens with zero attached hydrogens (tertiary/aromatic N) is 1. The van der Waals surface area contributed by atoms with Crippen LogP contribution in [0.4, 0.5) is 0 Å². The molecule has 0 aliphatic carbocycles. The summed E-state index contributed by atoms with van der Waals surface area (Å²) in [6.07, 6.45) is 0. The van der Waals surface area contributed by atoms with Crippen molar-refractivity contribution >= 4 is 10.0 Å². The standard InChI is InChI=1S/C20H23NO2S/c1-16-6-12-19(13-7-16)24(22,23)21(5)15-14-17-8-10-18(11-9-17)20(2,3)4/h6-13H,1-5H3. The van der Waals surface area contributed by atoms with Crippen LogP contribution in [0.3, 0.4) is 0 Å². The number of sulfonamides is 1. The predicted molar refractivity (Wildman–Crippen MR) is 98.1 cm³/mol. The van der Waals surface area contributed by atoms with Gasteiger partial charge in [-0.2, -0.15) is 0 Å². The summed E-state index contributed by atoms with van der Waals surface area (Å²) in [4.78, 5) is 0.244. The van der Waals surface area contributed by atoms with Crippen molar-refractivity contribution in [1.82, 2.24) is 4.31 Å². The first-order chi connectivity index (χ1) is 11.1. The molecule has 2 aromatic rings. The molecule has 0 bridgehead atoms. The van der Waals surface area contributed by atoms with E-state index in [1.54, 1.807) is 24.3 Å². The van der Waals surface area contributed by atoms with Gasteiger partial charge in [0.05, 0.1) is 4.90 Å². The normalized spacial score (nSPS) is 11.5. The maximum Gasteiger partial charge on any atom is 0.270 e. The van der Waals surface area contributed by atoms with Crippen LogP contribution < -0.4 is 0 Å². The molecule has 0 N–H and O–H groups in total. The second-order valence-electron chi connectivity index (χ2n) is 6.85. The maximum absolute atomic E-state index is 12.5. The van der Waals surface area contributed by atoms with Crippen molar-refractivity contribution in [3.05, 3.63) is 65.2 Å². The smallest absolute Gasteiger partial charge is 0.227 e. The van der Waals surface area contributed by atoms with Gasteiger partial charge in [0.1, 0.15) is 0 Å². The molecule has 24 heavy (non-hydrogen) atoms. The lowest BCUT2D eigenvalue weighted by atomic mass is 9.87. The number of benzene rings is 2. The fourth-order valence-electron chi connectivity index (χ4n) is 2.13. The zero-order valence-corrected chi connectivity index (χ0v) is 15.6. The monoisotopic (exact) mass is 341 g/mol. The van der Waals surface area contributed by atoms with Gasteiger partial charge in [-0.25, -0.2) is 12.7 Å². The Morgan fingerprint density at radius 1 is 0.917 bits per heavy atom. The van der Waals surface area contributed by atoms with Crippen molar-refractivity contribution in [2.45, 2.75) is 38.0 Å². The lowest BCUT2D eigenvalue weighted by Crippen LogP contribution is -2.22. The SMILES string of the molecule is Cc1ccc(S(=O)(=O)N(C)C#Cc2ccc(C(C)(C)C)cc2)cc1. The van der Waals surface area contributed by atoms with Gasteiger partial charge in [-0.1, -0.05) is 50.6 Å². The van der Waals surface area contributed by atoms with Crippen molar-refractivity contribution in [2.24, 2.45) is 0 Å². The quantitative estimate of drug-likeness (QED) is 0.613. The second-order valence-corrected chi connectivity index (χ2v) is 8.82. The van der Waals surface area contributed by atoms with E-state index in [0.29, 0.717) is 0 Å². The van der Waals surface area contributed by atoms with Crippen LogP contribution in [-0.2, 0) is 15.4 Å². The molecule has 2 aromatic carbocycles. The van der Waals surface area contributed by atoms with E-state index in [1.165, 1.54) is 12.6 Å². The molecule has 0 unspecified atom stereocenters. The lowest BCUT2D eigenvalue weighted by Gasteiger charge is -2.18. The molecule has 0 aliphatic rings. The molecule has 0 spiro atoms. The Morgan fingerprint density at radius 2 is 1.46 bits per heavy atom. The Balaban J connectivity index is 2.22. The fraction of sp³-hybridized carbons (Fsp3) is 0.300. The first-order valence-electron chi connectivity index (χ1n) is 7.78. The Bertz CT molecular complexity index is 862. The van der Waals surface area contributed by atoms with Gasteiger partial charge < -0.3 is 0 Å². The largest absolute Gasteiger partial charge is 0.270 e. The van der Waals surface area contributed by atoms with E-state index in [0.717, 1.165) is 15.4 Å². The summed E-state index contributed by atoms with van der Waals surface area (Å²) in [6, 6.07) is 17.3. The summed E-state index contributed by atoms with van der Waals surface area (Å²) < 4.78 is 26.0. The van der Waals surface area contributed by atoms with Crippen molar-refractivity contribution in [3.8, 4) is 12.0 Å². The minimum absolute atomic E-state index is 0.0809. The molecule has 0 saturated heterocycles. The molecule has 0 aromatic heterocycles. The minimum atomic E-state index is -3.60. The van der Waals surface area contributed by atoms with E-state index in [1.807, 2.05) is 31.2 Å². The van der Waals surface area contributed by atoms with Crippen molar-refractivity contribution < 1.29 is 8.42 Å². The van der Waals surface area contributed by atoms with Gasteiger partial charge in [-0.05, 0) is 48.1 Å². The molecule has 4 heteroatoms. The van der Waals surface area contributed by atoms with E-state index < -0.39 is 10.0 Å². The lowest BCUT2D eigenvalue weighted by molar-refractivity contribution is 0.547. The van der Waals surface area contributed by atoms with Gasteiger partial charge in [0.2, 0.25) is 0 Å². The Labute approximate surface area is 145 Å². The van der Waals surface area contributed by atoms with Crippen molar-refractivity contribution in [2.75, 3.05) is 7.05 Å². The van der Waals surface area contributed by atoms with Gasteiger partial charge in [0, 0.05) is 18.7 Å². The van der Waals surface area contributed by atoms with Crippen molar-refractivity contribution in [1.29, 1.82) is 0 Å². The van der Waals surface area contributed by atoms with Crippen LogP contribution in [0.15, 0.2) is 53.4 Å². The number of hydrogen-bond donors (Lipinski definition) is 0. The maximum atomic E-state index is 12.5. The summed E-state index contributed by atoms with van der Waals surface area (Å²) in [5, 5.41) is 0. The molecule has 0 radical (unpaired) electrons. The second kappa shape index (κ2) is 6.70. The van der Waals surface area contributed by atoms with E-state index in [2.05, 4.69) is 32.7 Å². The van der Waals surface area contributed by atoms with E-state index in [9.17, 15) is 8.42 Å². The van der Waals surface area contributed by atoms with Crippen LogP contribution in [0, 0.1) is 18.9 Å². The molecule has 0 aliphatic heterocycles. The third-order valence-corrected chi connectivity index (χ3v) is 5.47. The van der Waals surface area contributed by atoms with Gasteiger partial charge >= 0.3 is 0 Å². The Kier molecular flexibility index (Phi) is 5.05. The van der Waals surface area contributed by atoms with Crippen LogP contribution >= 0.6 is 0 Å². The molecule has 0 fully saturated rings. The summed E-state index contributed by atoms with van der Waals surface area (Å²) in [5.74, 6) is 2.91. The molecule has 0 saturated carbocycles. The van der Waals surface area contributed by atoms with Crippen LogP contribution in [-0.4, -0.2) is 19.8 Å². The topological polar surface area (TPSA) is 37.4 Å². The minimum Gasteiger partial charge on any atom is -0.227 e. The molecular weight excluding hydrogens is 318 g/mol. The van der Waals surface area contributed by atoms with Gasteiger partial charge in [-0.3, -0.25) is 0 Å². The molecule has 3 nitrogen and oxygen atoms in total. The third kappa shape index (κ3) is 4.18. The highest BCUT2D eigenvalue weighted by Crippen LogP contribution is 2.22. The van der Waals surface area contributed by atoms with Crippen LogP contribution in [0.25, 0.3) is 0 Å². The van der Waals surface area contributed by atoms with E-state index in [4.69, 9.17) is 0 Å². The molecule has 2 rings (SSSR count). The van der Waals surface area contributed by atoms with E-state index in [-0.39, 0.29) is 10.3 Å². The van der Waals surface area contributed by atoms with Gasteiger partial charge in [0.25, 0.3) is 10.0 Å². The molecule has 0 heterocycles. The fourth-order valence-corrected chi connectivity index (χ4v) is 3.09. The van der Waals surface area contributed by atoms with E-state index >= 15 is 0 Å². The number of rotatable bonds is 2. The zero-order chi connectivity index (χ0) is 18.0. The third-order valence-electron chi connectivity index (χ3n) is 3.79. The van der Waals surface area contributed by atoms with Crippen molar-refractivity contribution in [3.63, 3.8) is 0 Å². The van der Waals surface area contributed by atoms with Crippen LogP contribution in [0.1, 0.15) is 37.5 Å².